The number of anilines is 1. The minimum atomic E-state index is -0.250. The molecule has 1 heterocycles. The maximum Gasteiger partial charge on any atom is 0.193 e. The fraction of sp³-hybridized carbons (Fsp3) is 0.167. The maximum absolute atomic E-state index is 13.1. The Bertz CT molecular complexity index is 475. The summed E-state index contributed by atoms with van der Waals surface area (Å²) in [4.78, 5) is 0. The number of halogens is 2. The number of benzene rings is 1. The molecule has 0 bridgehead atoms. The van der Waals surface area contributed by atoms with Crippen molar-refractivity contribution < 1.29 is 8.81 Å². The monoisotopic (exact) mass is 239 g/mol. The third-order valence-electron chi connectivity index (χ3n) is 2.14. The third kappa shape index (κ3) is 2.76. The Morgan fingerprint density at radius 3 is 2.75 bits per heavy atom. The molecule has 4 heteroatoms. The largest absolute Gasteiger partial charge is 0.448 e. The van der Waals surface area contributed by atoms with Crippen LogP contribution in [-0.4, -0.2) is 0 Å². The summed E-state index contributed by atoms with van der Waals surface area (Å²) in [5.74, 6) is 0.465. The van der Waals surface area contributed by atoms with E-state index in [1.807, 2.05) is 13.0 Å². The Morgan fingerprint density at radius 2 is 2.12 bits per heavy atom. The zero-order valence-electron chi connectivity index (χ0n) is 8.76. The van der Waals surface area contributed by atoms with E-state index >= 15 is 0 Å². The van der Waals surface area contributed by atoms with Crippen LogP contribution in [0.5, 0.6) is 0 Å². The van der Waals surface area contributed by atoms with Gasteiger partial charge >= 0.3 is 0 Å². The molecule has 1 N–H and O–H groups in total. The number of nitrogens with one attached hydrogen (secondary N) is 1. The number of furan rings is 1. The summed E-state index contributed by atoms with van der Waals surface area (Å²) in [5.41, 5.74) is 1.60. The molecule has 0 aliphatic heterocycles. The normalized spacial score (nSPS) is 10.4. The van der Waals surface area contributed by atoms with Gasteiger partial charge in [0, 0.05) is 5.69 Å². The van der Waals surface area contributed by atoms with Gasteiger partial charge in [0.15, 0.2) is 5.22 Å². The highest BCUT2D eigenvalue weighted by Crippen LogP contribution is 2.17. The first-order chi connectivity index (χ1) is 7.63. The predicted molar refractivity (Wildman–Crippen MR) is 62.2 cm³/mol. The Balaban J connectivity index is 2.04. The van der Waals surface area contributed by atoms with Crippen LogP contribution in [0, 0.1) is 12.7 Å². The first-order valence-corrected chi connectivity index (χ1v) is 5.26. The first-order valence-electron chi connectivity index (χ1n) is 4.89. The van der Waals surface area contributed by atoms with E-state index in [1.54, 1.807) is 12.1 Å². The topological polar surface area (TPSA) is 25.2 Å². The van der Waals surface area contributed by atoms with Crippen molar-refractivity contribution in [1.82, 2.24) is 0 Å². The lowest BCUT2D eigenvalue weighted by Crippen LogP contribution is -1.98. The van der Waals surface area contributed by atoms with Gasteiger partial charge in [-0.05, 0) is 54.4 Å². The zero-order valence-corrected chi connectivity index (χ0v) is 9.51. The quantitative estimate of drug-likeness (QED) is 0.876. The lowest BCUT2D eigenvalue weighted by atomic mass is 10.2. The highest BCUT2D eigenvalue weighted by atomic mass is 35.5. The van der Waals surface area contributed by atoms with Gasteiger partial charge in [-0.25, -0.2) is 4.39 Å². The van der Waals surface area contributed by atoms with Crippen LogP contribution in [0.2, 0.25) is 5.22 Å². The molecule has 0 saturated carbocycles. The van der Waals surface area contributed by atoms with Gasteiger partial charge in [-0.2, -0.15) is 0 Å². The van der Waals surface area contributed by atoms with E-state index in [-0.39, 0.29) is 5.82 Å². The Hall–Kier alpha value is -1.48. The van der Waals surface area contributed by atoms with Crippen LogP contribution < -0.4 is 5.32 Å². The zero-order chi connectivity index (χ0) is 11.5. The van der Waals surface area contributed by atoms with Crippen LogP contribution in [0.1, 0.15) is 11.3 Å². The van der Waals surface area contributed by atoms with Crippen LogP contribution in [0.4, 0.5) is 10.1 Å². The van der Waals surface area contributed by atoms with Gasteiger partial charge < -0.3 is 9.73 Å². The Morgan fingerprint density at radius 1 is 1.31 bits per heavy atom. The number of aryl methyl sites for hydroxylation is 1. The van der Waals surface area contributed by atoms with Crippen LogP contribution in [0.15, 0.2) is 34.7 Å². The van der Waals surface area contributed by atoms with Gasteiger partial charge in [0.2, 0.25) is 0 Å². The average molecular weight is 240 g/mol. The van der Waals surface area contributed by atoms with Crippen LogP contribution >= 0.6 is 11.6 Å². The molecular weight excluding hydrogens is 229 g/mol. The lowest BCUT2D eigenvalue weighted by Gasteiger charge is -2.05. The molecule has 2 rings (SSSR count). The van der Waals surface area contributed by atoms with E-state index in [1.165, 1.54) is 12.1 Å². The van der Waals surface area contributed by atoms with Crippen molar-refractivity contribution in [3.8, 4) is 0 Å². The molecule has 0 radical (unpaired) electrons. The second-order valence-corrected chi connectivity index (χ2v) is 3.95. The maximum atomic E-state index is 13.1. The summed E-state index contributed by atoms with van der Waals surface area (Å²) < 4.78 is 18.2. The van der Waals surface area contributed by atoms with Gasteiger partial charge in [0.25, 0.3) is 0 Å². The molecule has 16 heavy (non-hydrogen) atoms. The Kier molecular flexibility index (Phi) is 3.15. The fourth-order valence-electron chi connectivity index (χ4n) is 1.47. The molecule has 0 unspecified atom stereocenters. The van der Waals surface area contributed by atoms with Crippen molar-refractivity contribution in [2.75, 3.05) is 5.32 Å². The van der Waals surface area contributed by atoms with Gasteiger partial charge in [0.1, 0.15) is 11.6 Å². The van der Waals surface area contributed by atoms with E-state index in [0.29, 0.717) is 17.5 Å². The van der Waals surface area contributed by atoms with E-state index in [4.69, 9.17) is 16.0 Å². The number of hydrogen-bond donors (Lipinski definition) is 1. The minimum absolute atomic E-state index is 0.250. The van der Waals surface area contributed by atoms with E-state index < -0.39 is 0 Å². The first kappa shape index (κ1) is 11.0. The van der Waals surface area contributed by atoms with Crippen molar-refractivity contribution in [3.63, 3.8) is 0 Å². The molecular formula is C12H11ClFNO. The highest BCUT2D eigenvalue weighted by molar-refractivity contribution is 6.28. The third-order valence-corrected chi connectivity index (χ3v) is 2.34. The SMILES string of the molecule is Cc1cc(F)cc(NCc2ccc(Cl)o2)c1. The lowest BCUT2D eigenvalue weighted by molar-refractivity contribution is 0.520. The predicted octanol–water partition coefficient (Wildman–Crippen LogP) is 3.99. The fourth-order valence-corrected chi connectivity index (χ4v) is 1.64. The van der Waals surface area contributed by atoms with E-state index in [9.17, 15) is 4.39 Å². The van der Waals surface area contributed by atoms with Gasteiger partial charge in [-0.3, -0.25) is 0 Å². The molecule has 0 aliphatic rings. The number of hydrogen-bond acceptors (Lipinski definition) is 2. The highest BCUT2D eigenvalue weighted by Gasteiger charge is 2.01. The summed E-state index contributed by atoms with van der Waals surface area (Å²) in [6, 6.07) is 8.25. The summed E-state index contributed by atoms with van der Waals surface area (Å²) in [6.07, 6.45) is 0. The summed E-state index contributed by atoms with van der Waals surface area (Å²) in [6.45, 7) is 2.33. The second kappa shape index (κ2) is 4.58. The molecule has 0 amide bonds. The van der Waals surface area contributed by atoms with Crippen LogP contribution in [0.3, 0.4) is 0 Å². The van der Waals surface area contributed by atoms with E-state index in [0.717, 1.165) is 11.3 Å². The molecule has 0 fully saturated rings. The molecule has 0 atom stereocenters. The van der Waals surface area contributed by atoms with Crippen LogP contribution in [-0.2, 0) is 6.54 Å². The second-order valence-electron chi connectivity index (χ2n) is 3.58. The molecule has 1 aromatic heterocycles. The molecule has 84 valence electrons. The molecule has 0 spiro atoms. The minimum Gasteiger partial charge on any atom is -0.448 e. The van der Waals surface area contributed by atoms with Crippen LogP contribution in [0.25, 0.3) is 0 Å². The molecule has 2 aromatic rings. The van der Waals surface area contributed by atoms with Crippen molar-refractivity contribution in [2.45, 2.75) is 13.5 Å². The van der Waals surface area contributed by atoms with Crippen molar-refractivity contribution in [3.05, 3.63) is 52.7 Å². The summed E-state index contributed by atoms with van der Waals surface area (Å²) in [5, 5.41) is 3.42. The molecule has 2 nitrogen and oxygen atoms in total. The van der Waals surface area contributed by atoms with Crippen molar-refractivity contribution in [1.29, 1.82) is 0 Å². The van der Waals surface area contributed by atoms with Gasteiger partial charge in [-0.15, -0.1) is 0 Å². The van der Waals surface area contributed by atoms with Gasteiger partial charge in [-0.1, -0.05) is 0 Å². The smallest absolute Gasteiger partial charge is 0.193 e. The molecule has 0 aliphatic carbocycles. The number of rotatable bonds is 3. The molecule has 0 saturated heterocycles. The standard InChI is InChI=1S/C12H11ClFNO/c1-8-4-9(14)6-10(5-8)15-7-11-2-3-12(13)16-11/h2-6,15H,7H2,1H3. The van der Waals surface area contributed by atoms with Crippen molar-refractivity contribution >= 4 is 17.3 Å². The average Bonchev–Trinajstić information content (AvgIpc) is 2.60. The van der Waals surface area contributed by atoms with Crippen molar-refractivity contribution in [2.24, 2.45) is 0 Å². The summed E-state index contributed by atoms with van der Waals surface area (Å²) >= 11 is 5.64. The Labute approximate surface area is 98.0 Å². The van der Waals surface area contributed by atoms with E-state index in [2.05, 4.69) is 5.32 Å². The molecule has 1 aromatic carbocycles. The van der Waals surface area contributed by atoms with Gasteiger partial charge in [0.05, 0.1) is 6.54 Å². The summed E-state index contributed by atoms with van der Waals surface area (Å²) in [7, 11) is 0.